The fourth-order valence-corrected chi connectivity index (χ4v) is 3.92. The standard InChI is InChI=1S/C30H35F3O2.C4H6O/c1-27(2,3)22-13-18-25(30(31,32)33)26(19-22)34-23-14-9-20(10-15-23)29(7,8)21-11-16-24(17-12-21)35-28(4,5)6;1-3-4-5-2/h9-19H,1-8H3;1H,4H2,2H3. The lowest BCUT2D eigenvalue weighted by molar-refractivity contribution is -0.138. The van der Waals surface area contributed by atoms with Crippen molar-refractivity contribution in [1.82, 2.24) is 0 Å². The average molecular weight is 555 g/mol. The van der Waals surface area contributed by atoms with Crippen molar-refractivity contribution in [3.05, 3.63) is 89.0 Å². The molecule has 3 aromatic carbocycles. The van der Waals surface area contributed by atoms with Crippen molar-refractivity contribution in [2.75, 3.05) is 13.7 Å². The molecule has 3 nitrogen and oxygen atoms in total. The van der Waals surface area contributed by atoms with Gasteiger partial charge in [0.25, 0.3) is 0 Å². The summed E-state index contributed by atoms with van der Waals surface area (Å²) in [7, 11) is 1.57. The molecule has 0 fully saturated rings. The van der Waals surface area contributed by atoms with E-state index in [-0.39, 0.29) is 22.2 Å². The first-order valence-corrected chi connectivity index (χ1v) is 13.1. The van der Waals surface area contributed by atoms with Crippen molar-refractivity contribution in [3.63, 3.8) is 0 Å². The molecule has 0 atom stereocenters. The van der Waals surface area contributed by atoms with Crippen LogP contribution in [0.2, 0.25) is 0 Å². The van der Waals surface area contributed by atoms with Gasteiger partial charge in [0.2, 0.25) is 0 Å². The number of alkyl halides is 3. The second-order valence-electron chi connectivity index (χ2n) is 12.1. The molecule has 0 N–H and O–H groups in total. The molecule has 0 bridgehead atoms. The summed E-state index contributed by atoms with van der Waals surface area (Å²) >= 11 is 0. The number of rotatable bonds is 6. The molecule has 0 aliphatic carbocycles. The maximum absolute atomic E-state index is 13.6. The number of terminal acetylenes is 1. The molecular weight excluding hydrogens is 513 g/mol. The molecule has 3 rings (SSSR count). The van der Waals surface area contributed by atoms with Gasteiger partial charge < -0.3 is 14.2 Å². The van der Waals surface area contributed by atoms with Crippen molar-refractivity contribution in [2.24, 2.45) is 0 Å². The Morgan fingerprint density at radius 1 is 0.700 bits per heavy atom. The van der Waals surface area contributed by atoms with Crippen LogP contribution in [0, 0.1) is 12.3 Å². The first-order chi connectivity index (χ1) is 18.4. The smallest absolute Gasteiger partial charge is 0.419 e. The highest BCUT2D eigenvalue weighted by atomic mass is 19.4. The van der Waals surface area contributed by atoms with E-state index in [1.165, 1.54) is 12.1 Å². The maximum atomic E-state index is 13.6. The topological polar surface area (TPSA) is 27.7 Å². The largest absolute Gasteiger partial charge is 0.488 e. The predicted molar refractivity (Wildman–Crippen MR) is 156 cm³/mol. The van der Waals surface area contributed by atoms with Crippen LogP contribution in [-0.4, -0.2) is 19.3 Å². The number of benzene rings is 3. The summed E-state index contributed by atoms with van der Waals surface area (Å²) in [6, 6.07) is 19.3. The first kappa shape index (κ1) is 32.8. The summed E-state index contributed by atoms with van der Waals surface area (Å²) in [6.45, 7) is 16.5. The quantitative estimate of drug-likeness (QED) is 0.284. The third-order valence-electron chi connectivity index (χ3n) is 6.18. The molecule has 0 unspecified atom stereocenters. The second-order valence-corrected chi connectivity index (χ2v) is 12.1. The van der Waals surface area contributed by atoms with Crippen molar-refractivity contribution in [1.29, 1.82) is 0 Å². The summed E-state index contributed by atoms with van der Waals surface area (Å²) in [4.78, 5) is 0. The van der Waals surface area contributed by atoms with Gasteiger partial charge in [0.05, 0.1) is 5.56 Å². The summed E-state index contributed by atoms with van der Waals surface area (Å²) in [5, 5.41) is 0. The molecule has 0 saturated heterocycles. The van der Waals surface area contributed by atoms with Gasteiger partial charge in [-0.15, -0.1) is 6.42 Å². The van der Waals surface area contributed by atoms with Crippen LogP contribution >= 0.6 is 0 Å². The van der Waals surface area contributed by atoms with Crippen LogP contribution in [0.15, 0.2) is 66.7 Å². The lowest BCUT2D eigenvalue weighted by Crippen LogP contribution is -2.23. The highest BCUT2D eigenvalue weighted by Gasteiger charge is 2.35. The number of hydrogen-bond donors (Lipinski definition) is 0. The minimum absolute atomic E-state index is 0.189. The van der Waals surface area contributed by atoms with E-state index >= 15 is 0 Å². The zero-order chi connectivity index (χ0) is 30.4. The van der Waals surface area contributed by atoms with Crippen molar-refractivity contribution in [2.45, 2.75) is 78.0 Å². The van der Waals surface area contributed by atoms with Gasteiger partial charge in [-0.2, -0.15) is 13.2 Å². The molecule has 3 aromatic rings. The van der Waals surface area contributed by atoms with Crippen LogP contribution in [0.25, 0.3) is 0 Å². The third kappa shape index (κ3) is 9.34. The fraction of sp³-hybridized carbons (Fsp3) is 0.412. The zero-order valence-corrected chi connectivity index (χ0v) is 25.0. The summed E-state index contributed by atoms with van der Waals surface area (Å²) in [5.74, 6) is 3.27. The van der Waals surface area contributed by atoms with Crippen LogP contribution < -0.4 is 9.47 Å². The average Bonchev–Trinajstić information content (AvgIpc) is 2.83. The highest BCUT2D eigenvalue weighted by molar-refractivity contribution is 5.46. The van der Waals surface area contributed by atoms with E-state index in [4.69, 9.17) is 15.9 Å². The van der Waals surface area contributed by atoms with Crippen molar-refractivity contribution < 1.29 is 27.4 Å². The third-order valence-corrected chi connectivity index (χ3v) is 6.18. The molecule has 0 saturated carbocycles. The van der Waals surface area contributed by atoms with Crippen molar-refractivity contribution >= 4 is 0 Å². The van der Waals surface area contributed by atoms with Gasteiger partial charge in [-0.1, -0.05) is 70.9 Å². The van der Waals surface area contributed by atoms with Gasteiger partial charge in [0.15, 0.2) is 0 Å². The molecule has 0 amide bonds. The Hall–Kier alpha value is -3.43. The van der Waals surface area contributed by atoms with Gasteiger partial charge in [0, 0.05) is 12.5 Å². The predicted octanol–water partition coefficient (Wildman–Crippen LogP) is 9.56. The van der Waals surface area contributed by atoms with E-state index < -0.39 is 11.7 Å². The zero-order valence-electron chi connectivity index (χ0n) is 25.0. The Kier molecular flexibility index (Phi) is 10.5. The molecule has 0 radical (unpaired) electrons. The van der Waals surface area contributed by atoms with Crippen LogP contribution in [0.5, 0.6) is 17.2 Å². The van der Waals surface area contributed by atoms with Gasteiger partial charge in [0.1, 0.15) is 29.5 Å². The molecule has 6 heteroatoms. The maximum Gasteiger partial charge on any atom is 0.419 e. The minimum atomic E-state index is -4.50. The summed E-state index contributed by atoms with van der Waals surface area (Å²) in [6.07, 6.45) is 0.261. The fourth-order valence-electron chi connectivity index (χ4n) is 3.92. The van der Waals surface area contributed by atoms with Gasteiger partial charge in [-0.25, -0.2) is 0 Å². The summed E-state index contributed by atoms with van der Waals surface area (Å²) < 4.78 is 57.0. The molecule has 0 aromatic heterocycles. The lowest BCUT2D eigenvalue weighted by atomic mass is 9.78. The molecule has 0 aliphatic rings. The van der Waals surface area contributed by atoms with Crippen LogP contribution in [-0.2, 0) is 21.7 Å². The number of ether oxygens (including phenoxy) is 3. The highest BCUT2D eigenvalue weighted by Crippen LogP contribution is 2.41. The van der Waals surface area contributed by atoms with Crippen LogP contribution in [0.4, 0.5) is 13.2 Å². The Labute approximate surface area is 237 Å². The van der Waals surface area contributed by atoms with Gasteiger partial charge in [-0.05, 0) is 79.3 Å². The number of methoxy groups -OCH3 is 1. The van der Waals surface area contributed by atoms with E-state index in [1.807, 2.05) is 77.9 Å². The molecule has 0 spiro atoms. The molecule has 0 aliphatic heterocycles. The number of halogens is 3. The Balaban J connectivity index is 0.00000103. The summed E-state index contributed by atoms with van der Waals surface area (Å²) in [5.41, 5.74) is 1.22. The van der Waals surface area contributed by atoms with Gasteiger partial charge >= 0.3 is 6.18 Å². The lowest BCUT2D eigenvalue weighted by Gasteiger charge is -2.27. The van der Waals surface area contributed by atoms with Crippen LogP contribution in [0.3, 0.4) is 0 Å². The van der Waals surface area contributed by atoms with Crippen LogP contribution in [0.1, 0.15) is 77.6 Å². The SMILES string of the molecule is C#CCOC.CC(C)(C)Oc1ccc(C(C)(C)c2ccc(Oc3cc(C(C)(C)C)ccc3C(F)(F)F)cc2)cc1. The molecule has 40 heavy (non-hydrogen) atoms. The monoisotopic (exact) mass is 554 g/mol. The molecular formula is C34H41F3O3. The van der Waals surface area contributed by atoms with E-state index in [0.29, 0.717) is 12.4 Å². The second kappa shape index (κ2) is 12.8. The minimum Gasteiger partial charge on any atom is -0.488 e. The Morgan fingerprint density at radius 2 is 1.18 bits per heavy atom. The molecule has 216 valence electrons. The number of hydrogen-bond acceptors (Lipinski definition) is 3. The van der Waals surface area contributed by atoms with Gasteiger partial charge in [-0.3, -0.25) is 0 Å². The normalized spacial score (nSPS) is 12.2. The van der Waals surface area contributed by atoms with E-state index in [0.717, 1.165) is 28.5 Å². The van der Waals surface area contributed by atoms with E-state index in [2.05, 4.69) is 24.5 Å². The van der Waals surface area contributed by atoms with Crippen molar-refractivity contribution in [3.8, 4) is 29.6 Å². The van der Waals surface area contributed by atoms with E-state index in [1.54, 1.807) is 19.2 Å². The first-order valence-electron chi connectivity index (χ1n) is 13.1. The Morgan fingerprint density at radius 3 is 1.55 bits per heavy atom. The Bertz CT molecular complexity index is 1270. The van der Waals surface area contributed by atoms with E-state index in [9.17, 15) is 13.2 Å². The molecule has 0 heterocycles.